The van der Waals surface area contributed by atoms with Gasteiger partial charge < -0.3 is 10.2 Å². The summed E-state index contributed by atoms with van der Waals surface area (Å²) in [6, 6.07) is 4.38. The number of rotatable bonds is 5. The number of anilines is 1. The first kappa shape index (κ1) is 21.1. The standard InChI is InChI=1S/C18H27N3O5S/c1-18(2,3)17(22)19-11-13-7-6-10-20(12-13)14-8-5-9-15(27(4,25)26)16(14)21(23)24/h5,8-9,13H,6-7,10-12H2,1-4H3,(H,19,22). The molecule has 0 aliphatic carbocycles. The number of nitrogens with zero attached hydrogens (tertiary/aromatic N) is 2. The molecule has 1 unspecified atom stereocenters. The molecule has 1 aromatic carbocycles. The molecule has 1 N–H and O–H groups in total. The quantitative estimate of drug-likeness (QED) is 0.603. The van der Waals surface area contributed by atoms with Crippen molar-refractivity contribution in [3.05, 3.63) is 28.3 Å². The third kappa shape index (κ3) is 5.18. The number of hydrogen-bond donors (Lipinski definition) is 1. The average molecular weight is 397 g/mol. The molecule has 1 aliphatic rings. The zero-order chi connectivity index (χ0) is 20.4. The Labute approximate surface area is 160 Å². The molecule has 0 saturated carbocycles. The van der Waals surface area contributed by atoms with Crippen LogP contribution in [0.4, 0.5) is 11.4 Å². The van der Waals surface area contributed by atoms with Gasteiger partial charge in [0, 0.05) is 31.3 Å². The summed E-state index contributed by atoms with van der Waals surface area (Å²) in [6.07, 6.45) is 2.69. The number of nitro benzene ring substituents is 1. The van der Waals surface area contributed by atoms with Crippen LogP contribution in [0, 0.1) is 21.4 Å². The summed E-state index contributed by atoms with van der Waals surface area (Å²) in [7, 11) is -3.72. The van der Waals surface area contributed by atoms with Crippen LogP contribution in [-0.4, -0.2) is 45.1 Å². The number of carbonyl (C=O) groups is 1. The lowest BCUT2D eigenvalue weighted by Gasteiger charge is -2.34. The number of amides is 1. The Kier molecular flexibility index (Phi) is 6.14. The van der Waals surface area contributed by atoms with Gasteiger partial charge in [-0.2, -0.15) is 0 Å². The first-order valence-corrected chi connectivity index (χ1v) is 10.8. The molecule has 1 amide bonds. The highest BCUT2D eigenvalue weighted by Gasteiger charge is 2.31. The Balaban J connectivity index is 2.24. The smallest absolute Gasteiger partial charge is 0.311 e. The van der Waals surface area contributed by atoms with Gasteiger partial charge in [-0.1, -0.05) is 26.8 Å². The van der Waals surface area contributed by atoms with Crippen LogP contribution in [0.3, 0.4) is 0 Å². The van der Waals surface area contributed by atoms with Gasteiger partial charge in [0.25, 0.3) is 0 Å². The molecule has 1 fully saturated rings. The molecule has 1 heterocycles. The largest absolute Gasteiger partial charge is 0.366 e. The van der Waals surface area contributed by atoms with Gasteiger partial charge in [0.1, 0.15) is 10.6 Å². The third-order valence-corrected chi connectivity index (χ3v) is 5.78. The minimum atomic E-state index is -3.72. The van der Waals surface area contributed by atoms with E-state index in [9.17, 15) is 23.3 Å². The van der Waals surface area contributed by atoms with Crippen molar-refractivity contribution in [3.63, 3.8) is 0 Å². The van der Waals surface area contributed by atoms with Gasteiger partial charge in [0.15, 0.2) is 9.84 Å². The molecule has 2 rings (SSSR count). The minimum Gasteiger partial charge on any atom is -0.366 e. The van der Waals surface area contributed by atoms with Crippen molar-refractivity contribution in [1.29, 1.82) is 0 Å². The Hall–Kier alpha value is -2.16. The van der Waals surface area contributed by atoms with Crippen LogP contribution in [0.5, 0.6) is 0 Å². The van der Waals surface area contributed by atoms with E-state index in [-0.39, 0.29) is 22.4 Å². The van der Waals surface area contributed by atoms with Gasteiger partial charge in [0.05, 0.1) is 4.92 Å². The number of nitro groups is 1. The minimum absolute atomic E-state index is 0.0373. The fraction of sp³-hybridized carbons (Fsp3) is 0.611. The molecule has 0 bridgehead atoms. The van der Waals surface area contributed by atoms with Crippen LogP contribution in [-0.2, 0) is 14.6 Å². The second-order valence-electron chi connectivity index (χ2n) is 8.07. The molecule has 1 aliphatic heterocycles. The summed E-state index contributed by atoms with van der Waals surface area (Å²) in [5, 5.41) is 14.5. The van der Waals surface area contributed by atoms with Crippen molar-refractivity contribution in [1.82, 2.24) is 5.32 Å². The predicted octanol–water partition coefficient (Wildman–Crippen LogP) is 2.38. The second kappa shape index (κ2) is 7.84. The highest BCUT2D eigenvalue weighted by atomic mass is 32.2. The monoisotopic (exact) mass is 397 g/mol. The topological polar surface area (TPSA) is 110 Å². The van der Waals surface area contributed by atoms with Gasteiger partial charge in [-0.05, 0) is 30.9 Å². The number of benzene rings is 1. The van der Waals surface area contributed by atoms with Crippen LogP contribution >= 0.6 is 0 Å². The lowest BCUT2D eigenvalue weighted by molar-refractivity contribution is -0.387. The molecule has 0 aromatic heterocycles. The molecule has 150 valence electrons. The number of hydrogen-bond acceptors (Lipinski definition) is 6. The van der Waals surface area contributed by atoms with Crippen LogP contribution in [0.15, 0.2) is 23.1 Å². The summed E-state index contributed by atoms with van der Waals surface area (Å²) in [5.41, 5.74) is -0.536. The van der Waals surface area contributed by atoms with E-state index in [1.54, 1.807) is 6.07 Å². The zero-order valence-electron chi connectivity index (χ0n) is 16.2. The van der Waals surface area contributed by atoms with Crippen molar-refractivity contribution in [2.45, 2.75) is 38.5 Å². The molecule has 27 heavy (non-hydrogen) atoms. The number of nitrogens with one attached hydrogen (secondary N) is 1. The number of carbonyl (C=O) groups excluding carboxylic acids is 1. The highest BCUT2D eigenvalue weighted by Crippen LogP contribution is 2.36. The summed E-state index contributed by atoms with van der Waals surface area (Å²) in [5.74, 6) is 0.108. The summed E-state index contributed by atoms with van der Waals surface area (Å²) in [4.78, 5) is 24.6. The van der Waals surface area contributed by atoms with Crippen molar-refractivity contribution >= 4 is 27.1 Å². The average Bonchev–Trinajstić information content (AvgIpc) is 2.57. The third-order valence-electron chi connectivity index (χ3n) is 4.65. The van der Waals surface area contributed by atoms with Gasteiger partial charge in [-0.3, -0.25) is 14.9 Å². The number of sulfone groups is 1. The van der Waals surface area contributed by atoms with Crippen molar-refractivity contribution < 1.29 is 18.1 Å². The predicted molar refractivity (Wildman–Crippen MR) is 104 cm³/mol. The van der Waals surface area contributed by atoms with E-state index in [0.717, 1.165) is 19.1 Å². The fourth-order valence-electron chi connectivity index (χ4n) is 3.20. The van der Waals surface area contributed by atoms with E-state index in [1.807, 2.05) is 25.7 Å². The van der Waals surface area contributed by atoms with E-state index in [0.29, 0.717) is 25.3 Å². The molecule has 1 aromatic rings. The van der Waals surface area contributed by atoms with E-state index >= 15 is 0 Å². The zero-order valence-corrected chi connectivity index (χ0v) is 17.0. The molecule has 1 saturated heterocycles. The van der Waals surface area contributed by atoms with Crippen LogP contribution in [0.1, 0.15) is 33.6 Å². The number of para-hydroxylation sites is 1. The maximum atomic E-state index is 12.1. The molecular formula is C18H27N3O5S. The van der Waals surface area contributed by atoms with Gasteiger partial charge >= 0.3 is 5.69 Å². The van der Waals surface area contributed by atoms with Gasteiger partial charge in [-0.25, -0.2) is 8.42 Å². The lowest BCUT2D eigenvalue weighted by atomic mass is 9.93. The Morgan fingerprint density at radius 1 is 1.37 bits per heavy atom. The lowest BCUT2D eigenvalue weighted by Crippen LogP contribution is -2.43. The first-order chi connectivity index (χ1) is 12.4. The Morgan fingerprint density at radius 3 is 2.59 bits per heavy atom. The highest BCUT2D eigenvalue weighted by molar-refractivity contribution is 7.90. The summed E-state index contributed by atoms with van der Waals surface area (Å²) in [6.45, 7) is 7.16. The molecule has 9 heteroatoms. The molecule has 0 spiro atoms. The molecule has 1 atom stereocenters. The van der Waals surface area contributed by atoms with E-state index in [1.165, 1.54) is 12.1 Å². The van der Waals surface area contributed by atoms with Gasteiger partial charge in [-0.15, -0.1) is 0 Å². The van der Waals surface area contributed by atoms with Crippen LogP contribution in [0.25, 0.3) is 0 Å². The number of piperidine rings is 1. The van der Waals surface area contributed by atoms with Gasteiger partial charge in [0.2, 0.25) is 5.91 Å². The van der Waals surface area contributed by atoms with Crippen molar-refractivity contribution in [3.8, 4) is 0 Å². The van der Waals surface area contributed by atoms with Crippen molar-refractivity contribution in [2.24, 2.45) is 11.3 Å². The SMILES string of the molecule is CC(C)(C)C(=O)NCC1CCCN(c2cccc(S(C)(=O)=O)c2[N+](=O)[O-])C1. The van der Waals surface area contributed by atoms with E-state index < -0.39 is 20.2 Å². The molecule has 0 radical (unpaired) electrons. The van der Waals surface area contributed by atoms with Crippen molar-refractivity contribution in [2.75, 3.05) is 30.8 Å². The van der Waals surface area contributed by atoms with E-state index in [4.69, 9.17) is 0 Å². The maximum absolute atomic E-state index is 12.1. The fourth-order valence-corrected chi connectivity index (χ4v) is 4.06. The molecular weight excluding hydrogens is 370 g/mol. The normalized spacial score (nSPS) is 18.2. The summed E-state index contributed by atoms with van der Waals surface area (Å²) < 4.78 is 23.9. The Bertz CT molecular complexity index is 830. The summed E-state index contributed by atoms with van der Waals surface area (Å²) >= 11 is 0. The maximum Gasteiger partial charge on any atom is 0.311 e. The Morgan fingerprint density at radius 2 is 2.04 bits per heavy atom. The molecule has 8 nitrogen and oxygen atoms in total. The first-order valence-electron chi connectivity index (χ1n) is 8.92. The van der Waals surface area contributed by atoms with Crippen LogP contribution in [0.2, 0.25) is 0 Å². The van der Waals surface area contributed by atoms with Crippen LogP contribution < -0.4 is 10.2 Å². The second-order valence-corrected chi connectivity index (χ2v) is 10.1. The van der Waals surface area contributed by atoms with E-state index in [2.05, 4.69) is 5.32 Å².